The van der Waals surface area contributed by atoms with Gasteiger partial charge in [0.05, 0.1) is 7.11 Å². The summed E-state index contributed by atoms with van der Waals surface area (Å²) in [5, 5.41) is 0. The van der Waals surface area contributed by atoms with Gasteiger partial charge in [-0.05, 0) is 35.4 Å². The average molecular weight is 349 g/mol. The molecule has 1 amide bonds. The van der Waals surface area contributed by atoms with Crippen LogP contribution in [0.5, 0.6) is 5.75 Å². The first-order valence-electron chi connectivity index (χ1n) is 7.38. The molecule has 0 aliphatic carbocycles. The van der Waals surface area contributed by atoms with Crippen molar-refractivity contribution >= 4 is 16.7 Å². The molecular weight excluding hydrogens is 329 g/mol. The van der Waals surface area contributed by atoms with E-state index in [1.165, 1.54) is 24.1 Å². The van der Waals surface area contributed by atoms with Gasteiger partial charge in [0.1, 0.15) is 0 Å². The van der Waals surface area contributed by atoms with Crippen LogP contribution in [-0.2, 0) is 22.3 Å². The zero-order valence-electron chi connectivity index (χ0n) is 13.9. The number of amides is 1. The number of nitrogens with zero attached hydrogens (tertiary/aromatic N) is 1. The van der Waals surface area contributed by atoms with Crippen LogP contribution in [0.4, 0.5) is 4.39 Å². The summed E-state index contributed by atoms with van der Waals surface area (Å²) in [6, 6.07) is 11.6. The molecule has 0 saturated carbocycles. The lowest BCUT2D eigenvalue weighted by Crippen LogP contribution is -2.21. The van der Waals surface area contributed by atoms with Crippen molar-refractivity contribution in [3.8, 4) is 5.75 Å². The van der Waals surface area contributed by atoms with E-state index in [4.69, 9.17) is 4.74 Å². The quantitative estimate of drug-likeness (QED) is 0.805. The topological polar surface area (TPSA) is 46.6 Å². The van der Waals surface area contributed by atoms with Crippen LogP contribution < -0.4 is 4.74 Å². The molecule has 1 atom stereocenters. The molecule has 2 rings (SSSR count). The molecule has 0 heterocycles. The third-order valence-corrected chi connectivity index (χ3v) is 4.76. The van der Waals surface area contributed by atoms with E-state index in [0.717, 1.165) is 5.56 Å². The SMILES string of the molecule is COc1ccc(C[S@](=O)Cc2cccc(C(=O)N(C)C)c2)cc1F. The van der Waals surface area contributed by atoms with Gasteiger partial charge in [-0.15, -0.1) is 0 Å². The number of carbonyl (C=O) groups excluding carboxylic acids is 1. The summed E-state index contributed by atoms with van der Waals surface area (Å²) in [6.07, 6.45) is 0. The molecular formula is C18H20FNO3S. The summed E-state index contributed by atoms with van der Waals surface area (Å²) in [7, 11) is 3.57. The number of methoxy groups -OCH3 is 1. The van der Waals surface area contributed by atoms with Crippen LogP contribution in [0.3, 0.4) is 0 Å². The van der Waals surface area contributed by atoms with Crippen molar-refractivity contribution in [2.24, 2.45) is 0 Å². The maximum Gasteiger partial charge on any atom is 0.253 e. The minimum Gasteiger partial charge on any atom is -0.494 e. The Kier molecular flexibility index (Phi) is 6.09. The van der Waals surface area contributed by atoms with Crippen molar-refractivity contribution < 1.29 is 18.1 Å². The Balaban J connectivity index is 2.06. The molecule has 0 N–H and O–H groups in total. The summed E-state index contributed by atoms with van der Waals surface area (Å²) in [4.78, 5) is 13.5. The third-order valence-electron chi connectivity index (χ3n) is 3.45. The van der Waals surface area contributed by atoms with Crippen LogP contribution in [0.15, 0.2) is 42.5 Å². The highest BCUT2D eigenvalue weighted by molar-refractivity contribution is 7.83. The molecule has 0 bridgehead atoms. The Hall–Kier alpha value is -2.21. The zero-order valence-corrected chi connectivity index (χ0v) is 14.7. The van der Waals surface area contributed by atoms with E-state index in [-0.39, 0.29) is 17.4 Å². The fourth-order valence-corrected chi connectivity index (χ4v) is 3.48. The summed E-state index contributed by atoms with van der Waals surface area (Å²) in [5.74, 6) is 0.152. The molecule has 0 aliphatic heterocycles. The normalized spacial score (nSPS) is 11.8. The predicted octanol–water partition coefficient (Wildman–Crippen LogP) is 2.99. The zero-order chi connectivity index (χ0) is 17.7. The minimum atomic E-state index is -1.20. The Morgan fingerprint density at radius 3 is 2.38 bits per heavy atom. The monoisotopic (exact) mass is 349 g/mol. The molecule has 0 radical (unpaired) electrons. The van der Waals surface area contributed by atoms with Crippen molar-refractivity contribution in [3.05, 3.63) is 65.0 Å². The van der Waals surface area contributed by atoms with E-state index >= 15 is 0 Å². The minimum absolute atomic E-state index is 0.0974. The van der Waals surface area contributed by atoms with Gasteiger partial charge >= 0.3 is 0 Å². The maximum atomic E-state index is 13.7. The molecule has 6 heteroatoms. The van der Waals surface area contributed by atoms with Gasteiger partial charge in [0.15, 0.2) is 11.6 Å². The molecule has 0 unspecified atom stereocenters. The number of benzene rings is 2. The average Bonchev–Trinajstić information content (AvgIpc) is 2.54. The first-order chi connectivity index (χ1) is 11.4. The molecule has 2 aromatic rings. The molecule has 128 valence electrons. The van der Waals surface area contributed by atoms with Crippen LogP contribution in [0.2, 0.25) is 0 Å². The summed E-state index contributed by atoms with van der Waals surface area (Å²) in [6.45, 7) is 0. The number of hydrogen-bond donors (Lipinski definition) is 0. The number of halogens is 1. The summed E-state index contributed by atoms with van der Waals surface area (Å²) < 4.78 is 30.9. The van der Waals surface area contributed by atoms with E-state index in [1.54, 1.807) is 38.4 Å². The molecule has 0 aliphatic rings. The summed E-state index contributed by atoms with van der Waals surface area (Å²) >= 11 is 0. The van der Waals surface area contributed by atoms with Crippen LogP contribution in [0, 0.1) is 5.82 Å². The van der Waals surface area contributed by atoms with Crippen LogP contribution in [0.25, 0.3) is 0 Å². The third kappa shape index (κ3) is 4.64. The molecule has 0 fully saturated rings. The maximum absolute atomic E-state index is 13.7. The Bertz CT molecular complexity index is 762. The second kappa shape index (κ2) is 8.06. The van der Waals surface area contributed by atoms with Gasteiger partial charge in [-0.2, -0.15) is 0 Å². The van der Waals surface area contributed by atoms with Gasteiger partial charge in [-0.25, -0.2) is 4.39 Å². The van der Waals surface area contributed by atoms with Gasteiger partial charge in [0.25, 0.3) is 5.91 Å². The summed E-state index contributed by atoms with van der Waals surface area (Å²) in [5.41, 5.74) is 2.02. The number of ether oxygens (including phenoxy) is 1. The van der Waals surface area contributed by atoms with Crippen molar-refractivity contribution in [2.45, 2.75) is 11.5 Å². The van der Waals surface area contributed by atoms with Crippen LogP contribution in [-0.4, -0.2) is 36.2 Å². The van der Waals surface area contributed by atoms with Gasteiger partial charge in [-0.3, -0.25) is 9.00 Å². The van der Waals surface area contributed by atoms with Gasteiger partial charge < -0.3 is 9.64 Å². The smallest absolute Gasteiger partial charge is 0.253 e. The highest BCUT2D eigenvalue weighted by Gasteiger charge is 2.11. The van der Waals surface area contributed by atoms with Gasteiger partial charge in [0.2, 0.25) is 0 Å². The lowest BCUT2D eigenvalue weighted by atomic mass is 10.1. The first kappa shape index (κ1) is 18.1. The lowest BCUT2D eigenvalue weighted by Gasteiger charge is -2.11. The lowest BCUT2D eigenvalue weighted by molar-refractivity contribution is 0.0827. The van der Waals surface area contributed by atoms with Gasteiger partial charge in [-0.1, -0.05) is 18.2 Å². The fourth-order valence-electron chi connectivity index (χ4n) is 2.27. The van der Waals surface area contributed by atoms with E-state index in [9.17, 15) is 13.4 Å². The second-order valence-electron chi connectivity index (χ2n) is 5.60. The van der Waals surface area contributed by atoms with Crippen molar-refractivity contribution in [3.63, 3.8) is 0 Å². The second-order valence-corrected chi connectivity index (χ2v) is 7.05. The molecule has 0 spiro atoms. The number of carbonyl (C=O) groups is 1. The van der Waals surface area contributed by atoms with E-state index < -0.39 is 16.6 Å². The van der Waals surface area contributed by atoms with E-state index in [0.29, 0.717) is 16.9 Å². The van der Waals surface area contributed by atoms with Crippen molar-refractivity contribution in [2.75, 3.05) is 21.2 Å². The Labute approximate surface area is 143 Å². The molecule has 24 heavy (non-hydrogen) atoms. The Morgan fingerprint density at radius 2 is 1.79 bits per heavy atom. The number of hydrogen-bond acceptors (Lipinski definition) is 3. The Morgan fingerprint density at radius 1 is 1.12 bits per heavy atom. The molecule has 0 saturated heterocycles. The molecule has 4 nitrogen and oxygen atoms in total. The van der Waals surface area contributed by atoms with Gasteiger partial charge in [0, 0.05) is 42.0 Å². The van der Waals surface area contributed by atoms with Crippen LogP contribution in [0.1, 0.15) is 21.5 Å². The van der Waals surface area contributed by atoms with Crippen LogP contribution >= 0.6 is 0 Å². The fraction of sp³-hybridized carbons (Fsp3) is 0.278. The standard InChI is InChI=1S/C18H20FNO3S/c1-20(2)18(21)15-6-4-5-13(9-15)11-24(22)12-14-7-8-17(23-3)16(19)10-14/h4-10H,11-12H2,1-3H3/t24-/m1/s1. The number of rotatable bonds is 6. The van der Waals surface area contributed by atoms with E-state index in [1.807, 2.05) is 6.07 Å². The first-order valence-corrected chi connectivity index (χ1v) is 8.87. The molecule has 2 aromatic carbocycles. The van der Waals surface area contributed by atoms with Crippen molar-refractivity contribution in [1.82, 2.24) is 4.90 Å². The predicted molar refractivity (Wildman–Crippen MR) is 93.0 cm³/mol. The van der Waals surface area contributed by atoms with E-state index in [2.05, 4.69) is 0 Å². The largest absolute Gasteiger partial charge is 0.494 e. The highest BCUT2D eigenvalue weighted by atomic mass is 32.2. The highest BCUT2D eigenvalue weighted by Crippen LogP contribution is 2.19. The van der Waals surface area contributed by atoms with Crippen molar-refractivity contribution in [1.29, 1.82) is 0 Å². The molecule has 0 aromatic heterocycles.